The fourth-order valence-corrected chi connectivity index (χ4v) is 3.36. The molecule has 0 saturated carbocycles. The van der Waals surface area contributed by atoms with E-state index in [2.05, 4.69) is 5.32 Å². The second kappa shape index (κ2) is 6.13. The Labute approximate surface area is 103 Å². The predicted octanol–water partition coefficient (Wildman–Crippen LogP) is -0.0593. The molecule has 1 heterocycles. The molecule has 1 aliphatic heterocycles. The summed E-state index contributed by atoms with van der Waals surface area (Å²) < 4.78 is 27.4. The second-order valence-electron chi connectivity index (χ2n) is 5.05. The molecular weight excluding hydrogens is 242 g/mol. The summed E-state index contributed by atoms with van der Waals surface area (Å²) in [4.78, 5) is 0. The van der Waals surface area contributed by atoms with Crippen molar-refractivity contribution < 1.29 is 18.3 Å². The highest BCUT2D eigenvalue weighted by molar-refractivity contribution is 7.91. The van der Waals surface area contributed by atoms with Crippen molar-refractivity contribution in [1.82, 2.24) is 5.32 Å². The van der Waals surface area contributed by atoms with E-state index in [0.717, 1.165) is 0 Å². The summed E-state index contributed by atoms with van der Waals surface area (Å²) in [7, 11) is -1.20. The van der Waals surface area contributed by atoms with Crippen molar-refractivity contribution in [2.75, 3.05) is 31.8 Å². The molecule has 102 valence electrons. The normalized spacial score (nSPS) is 24.4. The molecular formula is C11H23NO4S. The molecule has 1 unspecified atom stereocenters. The molecule has 1 fully saturated rings. The fourth-order valence-electron chi connectivity index (χ4n) is 1.87. The van der Waals surface area contributed by atoms with E-state index >= 15 is 0 Å². The standard InChI is InChI=1S/C11H23NO4S/c1-11(13,5-6-16-2)9-12-10-3-7-17(14,15)8-4-10/h10,12-13H,3-9H2,1-2H3. The molecule has 0 aliphatic carbocycles. The lowest BCUT2D eigenvalue weighted by Crippen LogP contribution is -2.45. The van der Waals surface area contributed by atoms with E-state index in [1.54, 1.807) is 14.0 Å². The predicted molar refractivity (Wildman–Crippen MR) is 66.8 cm³/mol. The van der Waals surface area contributed by atoms with Gasteiger partial charge in [0.2, 0.25) is 0 Å². The summed E-state index contributed by atoms with van der Waals surface area (Å²) >= 11 is 0. The van der Waals surface area contributed by atoms with Gasteiger partial charge in [-0.15, -0.1) is 0 Å². The van der Waals surface area contributed by atoms with Crippen LogP contribution in [-0.2, 0) is 14.6 Å². The highest BCUT2D eigenvalue weighted by Crippen LogP contribution is 2.14. The molecule has 0 spiro atoms. The SMILES string of the molecule is COCCC(C)(O)CNC1CCS(=O)(=O)CC1. The molecule has 1 atom stereocenters. The number of rotatable bonds is 6. The maximum absolute atomic E-state index is 11.2. The van der Waals surface area contributed by atoms with Gasteiger partial charge in [0, 0.05) is 32.7 Å². The molecule has 0 aromatic rings. The third-order valence-electron chi connectivity index (χ3n) is 3.17. The van der Waals surface area contributed by atoms with Crippen LogP contribution in [0.15, 0.2) is 0 Å². The van der Waals surface area contributed by atoms with Gasteiger partial charge in [-0.25, -0.2) is 8.42 Å². The van der Waals surface area contributed by atoms with Gasteiger partial charge in [-0.05, 0) is 19.8 Å². The maximum Gasteiger partial charge on any atom is 0.150 e. The number of hydrogen-bond acceptors (Lipinski definition) is 5. The number of sulfone groups is 1. The Morgan fingerprint density at radius 3 is 2.53 bits per heavy atom. The van der Waals surface area contributed by atoms with E-state index in [1.807, 2.05) is 0 Å². The Bertz CT molecular complexity index is 312. The van der Waals surface area contributed by atoms with Crippen molar-refractivity contribution in [3.8, 4) is 0 Å². The van der Waals surface area contributed by atoms with Crippen LogP contribution in [-0.4, -0.2) is 56.9 Å². The lowest BCUT2D eigenvalue weighted by atomic mass is 10.0. The van der Waals surface area contributed by atoms with E-state index in [1.165, 1.54) is 0 Å². The smallest absolute Gasteiger partial charge is 0.150 e. The van der Waals surface area contributed by atoms with E-state index in [-0.39, 0.29) is 17.5 Å². The number of ether oxygens (including phenoxy) is 1. The largest absolute Gasteiger partial charge is 0.389 e. The summed E-state index contributed by atoms with van der Waals surface area (Å²) in [6, 6.07) is 0.201. The van der Waals surface area contributed by atoms with Crippen molar-refractivity contribution >= 4 is 9.84 Å². The van der Waals surface area contributed by atoms with E-state index in [9.17, 15) is 13.5 Å². The molecule has 0 bridgehead atoms. The number of aliphatic hydroxyl groups is 1. The van der Waals surface area contributed by atoms with Crippen molar-refractivity contribution in [2.45, 2.75) is 37.8 Å². The van der Waals surface area contributed by atoms with Gasteiger partial charge in [0.15, 0.2) is 0 Å². The monoisotopic (exact) mass is 265 g/mol. The van der Waals surface area contributed by atoms with Gasteiger partial charge < -0.3 is 15.2 Å². The van der Waals surface area contributed by atoms with Gasteiger partial charge >= 0.3 is 0 Å². The first kappa shape index (κ1) is 14.9. The molecule has 1 aliphatic rings. The first-order valence-electron chi connectivity index (χ1n) is 6.00. The minimum atomic E-state index is -2.81. The van der Waals surface area contributed by atoms with Crippen LogP contribution in [0.25, 0.3) is 0 Å². The maximum atomic E-state index is 11.2. The van der Waals surface area contributed by atoms with E-state index in [0.29, 0.717) is 32.4 Å². The summed E-state index contributed by atoms with van der Waals surface area (Å²) in [6.07, 6.45) is 1.85. The van der Waals surface area contributed by atoms with Crippen LogP contribution in [0.3, 0.4) is 0 Å². The van der Waals surface area contributed by atoms with Gasteiger partial charge in [0.25, 0.3) is 0 Å². The van der Waals surface area contributed by atoms with Crippen molar-refractivity contribution in [3.05, 3.63) is 0 Å². The Balaban J connectivity index is 2.27. The second-order valence-corrected chi connectivity index (χ2v) is 7.35. The zero-order chi connectivity index (χ0) is 12.9. The molecule has 1 rings (SSSR count). The quantitative estimate of drug-likeness (QED) is 0.704. The molecule has 0 aromatic carbocycles. The molecule has 17 heavy (non-hydrogen) atoms. The molecule has 1 saturated heterocycles. The van der Waals surface area contributed by atoms with Crippen LogP contribution < -0.4 is 5.32 Å². The third kappa shape index (κ3) is 5.81. The zero-order valence-corrected chi connectivity index (χ0v) is 11.4. The Morgan fingerprint density at radius 2 is 2.00 bits per heavy atom. The van der Waals surface area contributed by atoms with Gasteiger partial charge in [0.1, 0.15) is 9.84 Å². The number of nitrogens with one attached hydrogen (secondary N) is 1. The number of methoxy groups -OCH3 is 1. The molecule has 5 nitrogen and oxygen atoms in total. The van der Waals surface area contributed by atoms with Gasteiger partial charge in [-0.3, -0.25) is 0 Å². The van der Waals surface area contributed by atoms with Crippen LogP contribution in [0, 0.1) is 0 Å². The average molecular weight is 265 g/mol. The van der Waals surface area contributed by atoms with Crippen molar-refractivity contribution in [3.63, 3.8) is 0 Å². The minimum absolute atomic E-state index is 0.201. The zero-order valence-electron chi connectivity index (χ0n) is 10.6. The summed E-state index contributed by atoms with van der Waals surface area (Å²) in [5, 5.41) is 13.3. The highest BCUT2D eigenvalue weighted by atomic mass is 32.2. The molecule has 0 amide bonds. The van der Waals surface area contributed by atoms with E-state index in [4.69, 9.17) is 4.74 Å². The minimum Gasteiger partial charge on any atom is -0.389 e. The van der Waals surface area contributed by atoms with Crippen molar-refractivity contribution in [1.29, 1.82) is 0 Å². The highest BCUT2D eigenvalue weighted by Gasteiger charge is 2.26. The first-order valence-corrected chi connectivity index (χ1v) is 7.82. The third-order valence-corrected chi connectivity index (χ3v) is 4.89. The summed E-state index contributed by atoms with van der Waals surface area (Å²) in [5.74, 6) is 0.510. The average Bonchev–Trinajstić information content (AvgIpc) is 2.25. The van der Waals surface area contributed by atoms with Crippen LogP contribution >= 0.6 is 0 Å². The first-order chi connectivity index (χ1) is 7.85. The van der Waals surface area contributed by atoms with Crippen LogP contribution in [0.1, 0.15) is 26.2 Å². The van der Waals surface area contributed by atoms with Gasteiger partial charge in [-0.2, -0.15) is 0 Å². The molecule has 6 heteroatoms. The number of hydrogen-bond donors (Lipinski definition) is 2. The van der Waals surface area contributed by atoms with Gasteiger partial charge in [0.05, 0.1) is 17.1 Å². The van der Waals surface area contributed by atoms with Crippen LogP contribution in [0.2, 0.25) is 0 Å². The lowest BCUT2D eigenvalue weighted by molar-refractivity contribution is 0.0225. The summed E-state index contributed by atoms with van der Waals surface area (Å²) in [6.45, 7) is 2.76. The Hall–Kier alpha value is -0.170. The van der Waals surface area contributed by atoms with Crippen LogP contribution in [0.4, 0.5) is 0 Å². The lowest BCUT2D eigenvalue weighted by Gasteiger charge is -2.29. The summed E-state index contributed by atoms with van der Waals surface area (Å²) in [5.41, 5.74) is -0.799. The Kier molecular flexibility index (Phi) is 5.37. The topological polar surface area (TPSA) is 75.6 Å². The van der Waals surface area contributed by atoms with E-state index < -0.39 is 15.4 Å². The van der Waals surface area contributed by atoms with Crippen LogP contribution in [0.5, 0.6) is 0 Å². The molecule has 2 N–H and O–H groups in total. The van der Waals surface area contributed by atoms with Crippen molar-refractivity contribution in [2.24, 2.45) is 0 Å². The van der Waals surface area contributed by atoms with Gasteiger partial charge in [-0.1, -0.05) is 0 Å². The molecule has 0 aromatic heterocycles. The Morgan fingerprint density at radius 1 is 1.41 bits per heavy atom. The fraction of sp³-hybridized carbons (Fsp3) is 1.00. The molecule has 0 radical (unpaired) electrons.